The minimum absolute atomic E-state index is 0.0576. The van der Waals surface area contributed by atoms with Crippen LogP contribution in [0, 0.1) is 5.92 Å². The Morgan fingerprint density at radius 1 is 1.09 bits per heavy atom. The Balaban J connectivity index is 1.00. The Bertz CT molecular complexity index is 1190. The fourth-order valence-electron chi connectivity index (χ4n) is 6.35. The molecule has 3 aliphatic rings. The summed E-state index contributed by atoms with van der Waals surface area (Å²) < 4.78 is 0. The van der Waals surface area contributed by atoms with E-state index in [9.17, 15) is 9.90 Å². The van der Waals surface area contributed by atoms with Crippen LogP contribution in [0.25, 0.3) is 10.9 Å². The summed E-state index contributed by atoms with van der Waals surface area (Å²) in [6.45, 7) is 5.09. The van der Waals surface area contributed by atoms with Crippen LogP contribution in [0.2, 0.25) is 5.02 Å². The van der Waals surface area contributed by atoms with Gasteiger partial charge < -0.3 is 25.2 Å². The molecule has 3 aromatic rings. The lowest BCUT2D eigenvalue weighted by Crippen LogP contribution is -2.48. The summed E-state index contributed by atoms with van der Waals surface area (Å²) in [5.41, 5.74) is 4.41. The molecule has 0 unspecified atom stereocenters. The van der Waals surface area contributed by atoms with Gasteiger partial charge in [-0.1, -0.05) is 35.9 Å². The minimum atomic E-state index is -0.345. The number of β-amino-alcohol motifs (C(OH)–C–C–N with tert-alkyl or cyclic N) is 1. The van der Waals surface area contributed by atoms with Crippen LogP contribution in [0.4, 0.5) is 5.69 Å². The number of rotatable bonds is 4. The van der Waals surface area contributed by atoms with Crippen LogP contribution in [0.3, 0.4) is 0 Å². The molecule has 0 bridgehead atoms. The number of fused-ring (bicyclic) bond motifs is 3. The second-order valence-corrected chi connectivity index (χ2v) is 11.0. The quantitative estimate of drug-likeness (QED) is 0.501. The molecule has 1 atom stereocenters. The molecule has 7 heteroatoms. The number of aromatic nitrogens is 1. The van der Waals surface area contributed by atoms with Crippen molar-refractivity contribution in [3.8, 4) is 0 Å². The van der Waals surface area contributed by atoms with E-state index >= 15 is 0 Å². The number of likely N-dealkylation sites (tertiary alicyclic amines) is 2. The zero-order valence-electron chi connectivity index (χ0n) is 20.0. The number of carbonyl (C=O) groups is 1. The number of benzene rings is 2. The molecule has 1 aromatic heterocycles. The third-order valence-electron chi connectivity index (χ3n) is 8.56. The predicted octanol–water partition coefficient (Wildman–Crippen LogP) is 4.49. The lowest BCUT2D eigenvalue weighted by Gasteiger charge is -2.41. The van der Waals surface area contributed by atoms with Gasteiger partial charge in [-0.05, 0) is 74.5 Å². The maximum atomic E-state index is 13.0. The van der Waals surface area contributed by atoms with Crippen molar-refractivity contribution in [1.29, 1.82) is 0 Å². The maximum Gasteiger partial charge on any atom is 0.270 e. The molecule has 1 amide bonds. The Kier molecular flexibility index (Phi) is 5.99. The molecule has 4 heterocycles. The molecule has 0 saturated carbocycles. The molecule has 3 aliphatic heterocycles. The van der Waals surface area contributed by atoms with E-state index in [1.165, 1.54) is 11.3 Å². The van der Waals surface area contributed by atoms with Gasteiger partial charge in [0.25, 0.3) is 5.91 Å². The first-order valence-electron chi connectivity index (χ1n) is 12.8. The fourth-order valence-corrected chi connectivity index (χ4v) is 6.53. The summed E-state index contributed by atoms with van der Waals surface area (Å²) in [6.07, 6.45) is 3.55. The topological polar surface area (TPSA) is 71.6 Å². The van der Waals surface area contributed by atoms with Gasteiger partial charge in [0.05, 0.1) is 6.10 Å². The van der Waals surface area contributed by atoms with Gasteiger partial charge in [-0.25, -0.2) is 0 Å². The van der Waals surface area contributed by atoms with Crippen LogP contribution in [-0.4, -0.2) is 71.2 Å². The molecular formula is C28H33ClN4O2. The number of piperidine rings is 2. The van der Waals surface area contributed by atoms with Crippen molar-refractivity contribution in [3.05, 3.63) is 64.8 Å². The first kappa shape index (κ1) is 22.9. The number of halogens is 1. The number of anilines is 1. The number of aliphatic hydroxyl groups excluding tert-OH is 1. The van der Waals surface area contributed by atoms with Crippen LogP contribution >= 0.6 is 11.6 Å². The summed E-state index contributed by atoms with van der Waals surface area (Å²) in [5, 5.41) is 16.4. The molecule has 0 radical (unpaired) electrons. The van der Waals surface area contributed by atoms with E-state index < -0.39 is 0 Å². The van der Waals surface area contributed by atoms with Gasteiger partial charge in [0.2, 0.25) is 0 Å². The standard InChI is InChI=1S/C28H33ClN4O2/c29-21-5-6-22-24(16-21)30-18-28(22)9-13-32(14-10-28)17-26(34)19-7-11-33(12-8-19)27(35)25-15-20-3-1-2-4-23(20)31-25/h1-6,15-16,19,26,30-31,34H,7-14,17-18H2/t26-/m1/s1. The second kappa shape index (κ2) is 9.16. The van der Waals surface area contributed by atoms with Crippen molar-refractivity contribution >= 4 is 34.1 Å². The normalized spacial score (nSPS) is 21.3. The molecule has 2 aromatic carbocycles. The number of aromatic amines is 1. The molecule has 1 spiro atoms. The van der Waals surface area contributed by atoms with Gasteiger partial charge >= 0.3 is 0 Å². The molecule has 0 aliphatic carbocycles. The Hall–Kier alpha value is -2.54. The van der Waals surface area contributed by atoms with Crippen molar-refractivity contribution in [3.63, 3.8) is 0 Å². The van der Waals surface area contributed by atoms with Crippen molar-refractivity contribution < 1.29 is 9.90 Å². The smallest absolute Gasteiger partial charge is 0.270 e. The molecule has 2 fully saturated rings. The number of para-hydroxylation sites is 1. The molecule has 2 saturated heterocycles. The molecule has 184 valence electrons. The largest absolute Gasteiger partial charge is 0.392 e. The van der Waals surface area contributed by atoms with Crippen LogP contribution in [0.15, 0.2) is 48.5 Å². The number of hydrogen-bond donors (Lipinski definition) is 3. The first-order valence-corrected chi connectivity index (χ1v) is 13.2. The number of nitrogens with zero attached hydrogens (tertiary/aromatic N) is 2. The zero-order chi connectivity index (χ0) is 24.0. The first-order chi connectivity index (χ1) is 17.0. The summed E-state index contributed by atoms with van der Waals surface area (Å²) in [4.78, 5) is 20.6. The SMILES string of the molecule is O=C(c1cc2ccccc2[nH]1)N1CCC([C@H](O)CN2CCC3(CC2)CNc2cc(Cl)ccc23)CC1. The summed E-state index contributed by atoms with van der Waals surface area (Å²) in [5.74, 6) is 0.302. The van der Waals surface area contributed by atoms with Crippen LogP contribution < -0.4 is 5.32 Å². The van der Waals surface area contributed by atoms with E-state index in [0.29, 0.717) is 18.8 Å². The van der Waals surface area contributed by atoms with Crippen molar-refractivity contribution in [2.45, 2.75) is 37.2 Å². The van der Waals surface area contributed by atoms with Crippen LogP contribution in [-0.2, 0) is 5.41 Å². The highest BCUT2D eigenvalue weighted by molar-refractivity contribution is 6.30. The van der Waals surface area contributed by atoms with Crippen molar-refractivity contribution in [1.82, 2.24) is 14.8 Å². The van der Waals surface area contributed by atoms with Gasteiger partial charge in [-0.3, -0.25) is 4.79 Å². The predicted molar refractivity (Wildman–Crippen MR) is 140 cm³/mol. The zero-order valence-corrected chi connectivity index (χ0v) is 20.7. The number of amides is 1. The maximum absolute atomic E-state index is 13.0. The van der Waals surface area contributed by atoms with Crippen LogP contribution in [0.5, 0.6) is 0 Å². The summed E-state index contributed by atoms with van der Waals surface area (Å²) in [6, 6.07) is 16.1. The number of nitrogens with one attached hydrogen (secondary N) is 2. The molecule has 6 nitrogen and oxygen atoms in total. The number of hydrogen-bond acceptors (Lipinski definition) is 4. The van der Waals surface area contributed by atoms with Crippen molar-refractivity contribution in [2.24, 2.45) is 5.92 Å². The highest BCUT2D eigenvalue weighted by Crippen LogP contribution is 2.44. The lowest BCUT2D eigenvalue weighted by molar-refractivity contribution is 0.0203. The number of carbonyl (C=O) groups excluding carboxylic acids is 1. The highest BCUT2D eigenvalue weighted by Gasteiger charge is 2.42. The van der Waals surface area contributed by atoms with E-state index in [2.05, 4.69) is 21.3 Å². The Morgan fingerprint density at radius 2 is 1.86 bits per heavy atom. The van der Waals surface area contributed by atoms with Gasteiger partial charge in [0, 0.05) is 53.2 Å². The average molecular weight is 493 g/mol. The molecular weight excluding hydrogens is 460 g/mol. The summed E-state index contributed by atoms with van der Waals surface area (Å²) >= 11 is 6.18. The Labute approximate surface area is 211 Å². The van der Waals surface area contributed by atoms with E-state index in [4.69, 9.17) is 11.6 Å². The van der Waals surface area contributed by atoms with Gasteiger partial charge in [-0.2, -0.15) is 0 Å². The third-order valence-corrected chi connectivity index (χ3v) is 8.80. The molecule has 3 N–H and O–H groups in total. The second-order valence-electron chi connectivity index (χ2n) is 10.6. The lowest BCUT2D eigenvalue weighted by atomic mass is 9.74. The van der Waals surface area contributed by atoms with E-state index in [1.807, 2.05) is 47.4 Å². The third kappa shape index (κ3) is 4.32. The Morgan fingerprint density at radius 3 is 2.63 bits per heavy atom. The van der Waals surface area contributed by atoms with E-state index in [-0.39, 0.29) is 23.3 Å². The van der Waals surface area contributed by atoms with E-state index in [0.717, 1.165) is 67.8 Å². The monoisotopic (exact) mass is 492 g/mol. The fraction of sp³-hybridized carbons (Fsp3) is 0.464. The van der Waals surface area contributed by atoms with Gasteiger partial charge in [0.15, 0.2) is 0 Å². The van der Waals surface area contributed by atoms with Crippen molar-refractivity contribution in [2.75, 3.05) is 44.6 Å². The van der Waals surface area contributed by atoms with Gasteiger partial charge in [-0.15, -0.1) is 0 Å². The van der Waals surface area contributed by atoms with Gasteiger partial charge in [0.1, 0.15) is 5.69 Å². The molecule has 35 heavy (non-hydrogen) atoms. The number of H-pyrrole nitrogens is 1. The molecule has 6 rings (SSSR count). The minimum Gasteiger partial charge on any atom is -0.392 e. The average Bonchev–Trinajstić information content (AvgIpc) is 3.47. The van der Waals surface area contributed by atoms with Crippen LogP contribution in [0.1, 0.15) is 41.7 Å². The summed E-state index contributed by atoms with van der Waals surface area (Å²) in [7, 11) is 0. The number of aliphatic hydroxyl groups is 1. The highest BCUT2D eigenvalue weighted by atomic mass is 35.5. The van der Waals surface area contributed by atoms with E-state index in [1.54, 1.807) is 0 Å².